The number of anilines is 2. The minimum Gasteiger partial charge on any atom is -0.355 e. The zero-order valence-electron chi connectivity index (χ0n) is 13.4. The van der Waals surface area contributed by atoms with Crippen molar-refractivity contribution >= 4 is 28.6 Å². The standard InChI is InChI=1S/C20H12N2O4/c23-19-14-9-5-11-16(22(25)26)18(14)20(24)13-8-4-10-15(17(13)19)21-12-6-2-1-3-7-12/h1-11,21H. The molecular weight excluding hydrogens is 332 g/mol. The third-order valence-corrected chi connectivity index (χ3v) is 4.30. The van der Waals surface area contributed by atoms with Crippen molar-refractivity contribution in [2.45, 2.75) is 0 Å². The number of ketones is 2. The van der Waals surface area contributed by atoms with Gasteiger partial charge in [-0.3, -0.25) is 19.7 Å². The van der Waals surface area contributed by atoms with E-state index in [1.54, 1.807) is 12.1 Å². The molecule has 0 radical (unpaired) electrons. The van der Waals surface area contributed by atoms with Crippen LogP contribution in [0.3, 0.4) is 0 Å². The second-order valence-corrected chi connectivity index (χ2v) is 5.83. The van der Waals surface area contributed by atoms with Crippen LogP contribution in [0.2, 0.25) is 0 Å². The molecule has 0 spiro atoms. The van der Waals surface area contributed by atoms with E-state index in [1.165, 1.54) is 24.3 Å². The predicted molar refractivity (Wildman–Crippen MR) is 96.1 cm³/mol. The molecule has 0 amide bonds. The van der Waals surface area contributed by atoms with Gasteiger partial charge in [0.2, 0.25) is 5.78 Å². The summed E-state index contributed by atoms with van der Waals surface area (Å²) in [5.41, 5.74) is 1.21. The third kappa shape index (κ3) is 2.36. The lowest BCUT2D eigenvalue weighted by Crippen LogP contribution is -2.23. The summed E-state index contributed by atoms with van der Waals surface area (Å²) in [6.45, 7) is 0. The summed E-state index contributed by atoms with van der Waals surface area (Å²) in [7, 11) is 0. The smallest absolute Gasteiger partial charge is 0.281 e. The number of carbonyl (C=O) groups excluding carboxylic acids is 2. The molecule has 0 atom stereocenters. The van der Waals surface area contributed by atoms with Gasteiger partial charge in [0.15, 0.2) is 5.78 Å². The van der Waals surface area contributed by atoms with E-state index in [1.807, 2.05) is 30.3 Å². The van der Waals surface area contributed by atoms with E-state index < -0.39 is 16.5 Å². The van der Waals surface area contributed by atoms with Crippen LogP contribution in [0.4, 0.5) is 17.1 Å². The largest absolute Gasteiger partial charge is 0.355 e. The molecule has 126 valence electrons. The first kappa shape index (κ1) is 15.7. The van der Waals surface area contributed by atoms with Crippen molar-refractivity contribution < 1.29 is 14.5 Å². The number of nitrogens with zero attached hydrogens (tertiary/aromatic N) is 1. The summed E-state index contributed by atoms with van der Waals surface area (Å²) in [4.78, 5) is 36.6. The van der Waals surface area contributed by atoms with Gasteiger partial charge in [-0.25, -0.2) is 0 Å². The van der Waals surface area contributed by atoms with Crippen molar-refractivity contribution in [2.75, 3.05) is 5.32 Å². The molecule has 0 aromatic heterocycles. The molecule has 1 N–H and O–H groups in total. The monoisotopic (exact) mass is 344 g/mol. The van der Waals surface area contributed by atoms with E-state index >= 15 is 0 Å². The van der Waals surface area contributed by atoms with E-state index in [0.717, 1.165) is 5.69 Å². The van der Waals surface area contributed by atoms with Gasteiger partial charge in [0.25, 0.3) is 5.69 Å². The summed E-state index contributed by atoms with van der Waals surface area (Å²) >= 11 is 0. The molecule has 4 rings (SSSR count). The number of carbonyl (C=O) groups is 2. The highest BCUT2D eigenvalue weighted by Crippen LogP contribution is 2.36. The topological polar surface area (TPSA) is 89.3 Å². The fourth-order valence-electron chi connectivity index (χ4n) is 3.16. The highest BCUT2D eigenvalue weighted by Gasteiger charge is 2.36. The van der Waals surface area contributed by atoms with Crippen LogP contribution in [0, 0.1) is 10.1 Å². The lowest BCUT2D eigenvalue weighted by atomic mass is 9.82. The molecule has 1 aliphatic rings. The number of fused-ring (bicyclic) bond motifs is 2. The van der Waals surface area contributed by atoms with Crippen molar-refractivity contribution in [3.8, 4) is 0 Å². The molecule has 6 heteroatoms. The molecule has 26 heavy (non-hydrogen) atoms. The SMILES string of the molecule is O=C1c2cccc([N+](=O)[O-])c2C(=O)c2cccc(Nc3ccccc3)c21. The lowest BCUT2D eigenvalue weighted by Gasteiger charge is -2.20. The maximum atomic E-state index is 13.0. The minimum atomic E-state index is -0.638. The number of benzene rings is 3. The highest BCUT2D eigenvalue weighted by molar-refractivity contribution is 6.31. The molecule has 0 saturated heterocycles. The number of hydrogen-bond acceptors (Lipinski definition) is 5. The van der Waals surface area contributed by atoms with Crippen LogP contribution in [-0.4, -0.2) is 16.5 Å². The molecule has 0 aliphatic heterocycles. The van der Waals surface area contributed by atoms with Crippen LogP contribution in [-0.2, 0) is 0 Å². The summed E-state index contributed by atoms with van der Waals surface area (Å²) in [6.07, 6.45) is 0. The maximum Gasteiger partial charge on any atom is 0.281 e. The Hall–Kier alpha value is -3.80. The first-order valence-corrected chi connectivity index (χ1v) is 7.90. The Bertz CT molecular complexity index is 1070. The van der Waals surface area contributed by atoms with Crippen molar-refractivity contribution in [2.24, 2.45) is 0 Å². The summed E-state index contributed by atoms with van der Waals surface area (Å²) < 4.78 is 0. The van der Waals surface area contributed by atoms with E-state index in [0.29, 0.717) is 5.69 Å². The molecule has 0 saturated carbocycles. The Morgan fingerprint density at radius 2 is 1.35 bits per heavy atom. The lowest BCUT2D eigenvalue weighted by molar-refractivity contribution is -0.385. The zero-order chi connectivity index (χ0) is 18.3. The van der Waals surface area contributed by atoms with Crippen molar-refractivity contribution in [3.05, 3.63) is 99.1 Å². The van der Waals surface area contributed by atoms with E-state index in [2.05, 4.69) is 5.32 Å². The quantitative estimate of drug-likeness (QED) is 0.446. The van der Waals surface area contributed by atoms with Gasteiger partial charge in [-0.05, 0) is 24.3 Å². The second kappa shape index (κ2) is 5.93. The molecule has 0 bridgehead atoms. The maximum absolute atomic E-state index is 13.0. The van der Waals surface area contributed by atoms with Crippen molar-refractivity contribution in [1.82, 2.24) is 0 Å². The Morgan fingerprint density at radius 1 is 0.731 bits per heavy atom. The zero-order valence-corrected chi connectivity index (χ0v) is 13.4. The van der Waals surface area contributed by atoms with E-state index in [-0.39, 0.29) is 27.9 Å². The molecule has 3 aromatic carbocycles. The molecule has 0 heterocycles. The van der Waals surface area contributed by atoms with Crippen LogP contribution < -0.4 is 5.32 Å². The molecule has 3 aromatic rings. The molecule has 1 aliphatic carbocycles. The molecule has 0 unspecified atom stereocenters. The van der Waals surface area contributed by atoms with Crippen molar-refractivity contribution in [1.29, 1.82) is 0 Å². The van der Waals surface area contributed by atoms with Crippen LogP contribution in [0.1, 0.15) is 31.8 Å². The third-order valence-electron chi connectivity index (χ3n) is 4.30. The number of nitro benzene ring substituents is 1. The highest BCUT2D eigenvalue weighted by atomic mass is 16.6. The Morgan fingerprint density at radius 3 is 2.04 bits per heavy atom. The van der Waals surface area contributed by atoms with Gasteiger partial charge in [-0.15, -0.1) is 0 Å². The molecular formula is C20H12N2O4. The summed E-state index contributed by atoms with van der Waals surface area (Å²) in [5, 5.41) is 14.4. The van der Waals surface area contributed by atoms with Gasteiger partial charge in [0.05, 0.1) is 16.2 Å². The van der Waals surface area contributed by atoms with Crippen molar-refractivity contribution in [3.63, 3.8) is 0 Å². The van der Waals surface area contributed by atoms with Gasteiger partial charge < -0.3 is 5.32 Å². The summed E-state index contributed by atoms with van der Waals surface area (Å²) in [5.74, 6) is -0.920. The van der Waals surface area contributed by atoms with Gasteiger partial charge in [0, 0.05) is 22.9 Å². The second-order valence-electron chi connectivity index (χ2n) is 5.83. The van der Waals surface area contributed by atoms with Crippen LogP contribution >= 0.6 is 0 Å². The fraction of sp³-hybridized carbons (Fsp3) is 0. The normalized spacial score (nSPS) is 12.3. The Labute approximate surface area is 148 Å². The first-order chi connectivity index (χ1) is 12.6. The number of nitro groups is 1. The van der Waals surface area contributed by atoms with Crippen LogP contribution in [0.15, 0.2) is 66.7 Å². The van der Waals surface area contributed by atoms with Crippen LogP contribution in [0.25, 0.3) is 0 Å². The Balaban J connectivity index is 1.89. The number of hydrogen-bond donors (Lipinski definition) is 1. The number of nitrogens with one attached hydrogen (secondary N) is 1. The first-order valence-electron chi connectivity index (χ1n) is 7.90. The van der Waals surface area contributed by atoms with Gasteiger partial charge in [-0.1, -0.05) is 36.4 Å². The van der Waals surface area contributed by atoms with E-state index in [9.17, 15) is 19.7 Å². The fourth-order valence-corrected chi connectivity index (χ4v) is 3.16. The molecule has 6 nitrogen and oxygen atoms in total. The van der Waals surface area contributed by atoms with Crippen LogP contribution in [0.5, 0.6) is 0 Å². The minimum absolute atomic E-state index is 0.0546. The predicted octanol–water partition coefficient (Wildman–Crippen LogP) is 4.11. The van der Waals surface area contributed by atoms with E-state index in [4.69, 9.17) is 0 Å². The molecule has 0 fully saturated rings. The average Bonchev–Trinajstić information content (AvgIpc) is 2.66. The van der Waals surface area contributed by atoms with Gasteiger partial charge in [0.1, 0.15) is 5.56 Å². The number of rotatable bonds is 3. The van der Waals surface area contributed by atoms with Gasteiger partial charge in [-0.2, -0.15) is 0 Å². The average molecular weight is 344 g/mol. The summed E-state index contributed by atoms with van der Waals surface area (Å²) in [6, 6.07) is 18.2. The van der Waals surface area contributed by atoms with Gasteiger partial charge >= 0.3 is 0 Å². The Kier molecular flexibility index (Phi) is 3.58. The number of para-hydroxylation sites is 1.